The van der Waals surface area contributed by atoms with Crippen molar-refractivity contribution in [2.45, 2.75) is 57.8 Å². The summed E-state index contributed by atoms with van der Waals surface area (Å²) in [4.78, 5) is 0. The minimum absolute atomic E-state index is 0.337. The van der Waals surface area contributed by atoms with Crippen LogP contribution >= 0.6 is 0 Å². The summed E-state index contributed by atoms with van der Waals surface area (Å²) in [5.41, 5.74) is 0.383. The van der Waals surface area contributed by atoms with Gasteiger partial charge in [0.1, 0.15) is 0 Å². The highest BCUT2D eigenvalue weighted by molar-refractivity contribution is 5.02. The van der Waals surface area contributed by atoms with Crippen molar-refractivity contribution in [2.75, 3.05) is 13.2 Å². The first kappa shape index (κ1) is 12.9. The third-order valence-electron chi connectivity index (χ3n) is 6.29. The molecule has 0 aliphatic heterocycles. The Balaban J connectivity index is 1.90. The monoisotopic (exact) mass is 252 g/mol. The van der Waals surface area contributed by atoms with E-state index in [1.165, 1.54) is 44.9 Å². The number of hydrogen-bond acceptors (Lipinski definition) is 2. The average molecular weight is 252 g/mol. The Kier molecular flexibility index (Phi) is 3.68. The standard InChI is InChI=1S/C16H28O2/c17-6-4-15-14-3-1-2-12-8-13(9-14)11-16(15,10-12)5-7-18/h12-15,17-18H,1-11H2. The second kappa shape index (κ2) is 5.13. The van der Waals surface area contributed by atoms with Crippen LogP contribution in [-0.2, 0) is 0 Å². The predicted molar refractivity (Wildman–Crippen MR) is 72.1 cm³/mol. The van der Waals surface area contributed by atoms with Crippen molar-refractivity contribution < 1.29 is 10.2 Å². The fourth-order valence-corrected chi connectivity index (χ4v) is 5.95. The molecule has 0 radical (unpaired) electrons. The lowest BCUT2D eigenvalue weighted by atomic mass is 9.47. The molecule has 0 aromatic carbocycles. The summed E-state index contributed by atoms with van der Waals surface area (Å²) in [6, 6.07) is 0. The molecule has 0 spiro atoms. The molecule has 0 aromatic heterocycles. The van der Waals surface area contributed by atoms with E-state index in [1.54, 1.807) is 0 Å². The van der Waals surface area contributed by atoms with Gasteiger partial charge < -0.3 is 10.2 Å². The lowest BCUT2D eigenvalue weighted by Gasteiger charge is -2.58. The van der Waals surface area contributed by atoms with Crippen molar-refractivity contribution in [2.24, 2.45) is 29.1 Å². The Morgan fingerprint density at radius 1 is 0.944 bits per heavy atom. The maximum Gasteiger partial charge on any atom is 0.0436 e. The molecule has 18 heavy (non-hydrogen) atoms. The van der Waals surface area contributed by atoms with Crippen LogP contribution < -0.4 is 0 Å². The van der Waals surface area contributed by atoms with Crippen LogP contribution in [0.15, 0.2) is 0 Å². The van der Waals surface area contributed by atoms with Crippen molar-refractivity contribution in [3.63, 3.8) is 0 Å². The first-order valence-corrected chi connectivity index (χ1v) is 7.99. The Morgan fingerprint density at radius 3 is 2.56 bits per heavy atom. The van der Waals surface area contributed by atoms with E-state index in [0.29, 0.717) is 24.5 Å². The average Bonchev–Trinajstić information content (AvgIpc) is 2.32. The van der Waals surface area contributed by atoms with Gasteiger partial charge in [-0.2, -0.15) is 0 Å². The van der Waals surface area contributed by atoms with Crippen LogP contribution in [0.5, 0.6) is 0 Å². The van der Waals surface area contributed by atoms with E-state index in [1.807, 2.05) is 0 Å². The smallest absolute Gasteiger partial charge is 0.0436 e. The van der Waals surface area contributed by atoms with Crippen LogP contribution in [-0.4, -0.2) is 23.4 Å². The zero-order valence-electron chi connectivity index (χ0n) is 11.5. The number of hydrogen-bond donors (Lipinski definition) is 2. The highest BCUT2D eigenvalue weighted by Crippen LogP contribution is 2.61. The summed E-state index contributed by atoms with van der Waals surface area (Å²) in [5.74, 6) is 3.37. The molecule has 0 saturated heterocycles. The van der Waals surface area contributed by atoms with Crippen molar-refractivity contribution in [3.05, 3.63) is 0 Å². The summed E-state index contributed by atoms with van der Waals surface area (Å²) >= 11 is 0. The lowest BCUT2D eigenvalue weighted by molar-refractivity contribution is -0.0887. The van der Waals surface area contributed by atoms with Gasteiger partial charge in [0.2, 0.25) is 0 Å². The normalized spacial score (nSPS) is 47.0. The third-order valence-corrected chi connectivity index (χ3v) is 6.29. The van der Waals surface area contributed by atoms with Gasteiger partial charge >= 0.3 is 0 Å². The zero-order chi connectivity index (χ0) is 12.6. The van der Waals surface area contributed by atoms with Crippen LogP contribution in [0, 0.1) is 29.1 Å². The molecule has 5 atom stereocenters. The third kappa shape index (κ3) is 2.12. The van der Waals surface area contributed by atoms with Crippen LogP contribution in [0.4, 0.5) is 0 Å². The number of aliphatic hydroxyl groups excluding tert-OH is 2. The maximum absolute atomic E-state index is 9.51. The Morgan fingerprint density at radius 2 is 1.78 bits per heavy atom. The van der Waals surface area contributed by atoms with Gasteiger partial charge in [-0.05, 0) is 67.6 Å². The van der Waals surface area contributed by atoms with E-state index in [4.69, 9.17) is 0 Å². The molecule has 4 rings (SSSR count). The highest BCUT2D eigenvalue weighted by atomic mass is 16.3. The van der Waals surface area contributed by atoms with Crippen molar-refractivity contribution in [3.8, 4) is 0 Å². The molecule has 2 nitrogen and oxygen atoms in total. The molecule has 4 aliphatic rings. The van der Waals surface area contributed by atoms with E-state index in [-0.39, 0.29) is 0 Å². The van der Waals surface area contributed by atoms with Crippen LogP contribution in [0.25, 0.3) is 0 Å². The summed E-state index contributed by atoms with van der Waals surface area (Å²) in [6.07, 6.45) is 11.7. The topological polar surface area (TPSA) is 40.5 Å². The van der Waals surface area contributed by atoms with E-state index < -0.39 is 0 Å². The SMILES string of the molecule is OCCC1C2CCCC3CC(C2)CC1(CCO)C3. The maximum atomic E-state index is 9.51. The number of rotatable bonds is 4. The number of fused-ring (bicyclic) bond motifs is 2. The molecule has 4 saturated carbocycles. The molecule has 2 N–H and O–H groups in total. The largest absolute Gasteiger partial charge is 0.396 e. The van der Waals surface area contributed by atoms with Crippen molar-refractivity contribution in [1.82, 2.24) is 0 Å². The summed E-state index contributed by atoms with van der Waals surface area (Å²) < 4.78 is 0. The highest BCUT2D eigenvalue weighted by Gasteiger charge is 2.52. The second-order valence-corrected chi connectivity index (χ2v) is 7.26. The van der Waals surface area contributed by atoms with Crippen LogP contribution in [0.1, 0.15) is 57.8 Å². The van der Waals surface area contributed by atoms with Gasteiger partial charge in [-0.1, -0.05) is 19.3 Å². The van der Waals surface area contributed by atoms with Gasteiger partial charge in [-0.15, -0.1) is 0 Å². The van der Waals surface area contributed by atoms with Gasteiger partial charge in [-0.3, -0.25) is 0 Å². The van der Waals surface area contributed by atoms with Crippen LogP contribution in [0.2, 0.25) is 0 Å². The molecule has 0 amide bonds. The molecule has 4 bridgehead atoms. The first-order chi connectivity index (χ1) is 8.77. The van der Waals surface area contributed by atoms with E-state index in [9.17, 15) is 10.2 Å². The Bertz CT molecular complexity index is 291. The van der Waals surface area contributed by atoms with E-state index in [2.05, 4.69) is 0 Å². The first-order valence-electron chi connectivity index (χ1n) is 7.99. The molecule has 104 valence electrons. The molecule has 2 heteroatoms. The summed E-state index contributed by atoms with van der Waals surface area (Å²) in [5, 5.41) is 18.9. The Labute approximate surface area is 111 Å². The van der Waals surface area contributed by atoms with E-state index in [0.717, 1.165) is 30.6 Å². The second-order valence-electron chi connectivity index (χ2n) is 7.26. The predicted octanol–water partition coefficient (Wildman–Crippen LogP) is 2.97. The Hall–Kier alpha value is -0.0800. The van der Waals surface area contributed by atoms with Crippen molar-refractivity contribution in [1.29, 1.82) is 0 Å². The fraction of sp³-hybridized carbons (Fsp3) is 1.00. The molecule has 5 unspecified atom stereocenters. The zero-order valence-corrected chi connectivity index (χ0v) is 11.5. The fourth-order valence-electron chi connectivity index (χ4n) is 5.95. The van der Waals surface area contributed by atoms with Gasteiger partial charge in [-0.25, -0.2) is 0 Å². The minimum Gasteiger partial charge on any atom is -0.396 e. The summed E-state index contributed by atoms with van der Waals surface area (Å²) in [6.45, 7) is 0.678. The molecular formula is C16H28O2. The van der Waals surface area contributed by atoms with Gasteiger partial charge in [0, 0.05) is 13.2 Å². The number of aliphatic hydroxyl groups is 2. The van der Waals surface area contributed by atoms with Gasteiger partial charge in [0.25, 0.3) is 0 Å². The molecule has 4 fully saturated rings. The molecule has 0 heterocycles. The van der Waals surface area contributed by atoms with Crippen LogP contribution in [0.3, 0.4) is 0 Å². The molecule has 4 aliphatic carbocycles. The molecular weight excluding hydrogens is 224 g/mol. The molecule has 0 aromatic rings. The summed E-state index contributed by atoms with van der Waals surface area (Å²) in [7, 11) is 0. The van der Waals surface area contributed by atoms with Gasteiger partial charge in [0.05, 0.1) is 0 Å². The van der Waals surface area contributed by atoms with Crippen molar-refractivity contribution >= 4 is 0 Å². The lowest BCUT2D eigenvalue weighted by Crippen LogP contribution is -2.49. The van der Waals surface area contributed by atoms with Gasteiger partial charge in [0.15, 0.2) is 0 Å². The minimum atomic E-state index is 0.337. The van der Waals surface area contributed by atoms with E-state index >= 15 is 0 Å². The quantitative estimate of drug-likeness (QED) is 0.807.